The minimum atomic E-state index is -0.141. The molecule has 3 rings (SSSR count). The lowest BCUT2D eigenvalue weighted by molar-refractivity contribution is 0.101. The lowest BCUT2D eigenvalue weighted by atomic mass is 10.2. The number of hydrogen-bond acceptors (Lipinski definition) is 4. The second-order valence-electron chi connectivity index (χ2n) is 5.48. The lowest BCUT2D eigenvalue weighted by Gasteiger charge is -2.06. The summed E-state index contributed by atoms with van der Waals surface area (Å²) >= 11 is 1.45. The predicted molar refractivity (Wildman–Crippen MR) is 81.3 cm³/mol. The highest BCUT2D eigenvalue weighted by Crippen LogP contribution is 2.37. The number of amides is 1. The van der Waals surface area contributed by atoms with Crippen LogP contribution >= 0.6 is 11.3 Å². The molecule has 0 aromatic carbocycles. The van der Waals surface area contributed by atoms with Gasteiger partial charge < -0.3 is 10.3 Å². The minimum absolute atomic E-state index is 0.141. The van der Waals surface area contributed by atoms with Crippen molar-refractivity contribution in [2.24, 2.45) is 0 Å². The Morgan fingerprint density at radius 2 is 2.30 bits per heavy atom. The van der Waals surface area contributed by atoms with Gasteiger partial charge in [-0.1, -0.05) is 13.8 Å². The third kappa shape index (κ3) is 2.56. The summed E-state index contributed by atoms with van der Waals surface area (Å²) < 4.78 is 1.97. The summed E-state index contributed by atoms with van der Waals surface area (Å²) in [5.74, 6) is 0.223. The molecule has 0 spiro atoms. The van der Waals surface area contributed by atoms with E-state index in [2.05, 4.69) is 24.1 Å². The molecular formula is C14H18N4OS. The van der Waals surface area contributed by atoms with Crippen molar-refractivity contribution in [1.29, 1.82) is 0 Å². The van der Waals surface area contributed by atoms with Crippen molar-refractivity contribution in [1.82, 2.24) is 9.55 Å². The van der Waals surface area contributed by atoms with E-state index in [-0.39, 0.29) is 5.91 Å². The third-order valence-electron chi connectivity index (χ3n) is 3.38. The Labute approximate surface area is 121 Å². The molecule has 0 radical (unpaired) electrons. The SMILES string of the molecule is CC(C)c1csc(NC(=O)c2cc(N)cn2C2CC2)n1. The van der Waals surface area contributed by atoms with E-state index >= 15 is 0 Å². The summed E-state index contributed by atoms with van der Waals surface area (Å²) in [6.07, 6.45) is 4.07. The van der Waals surface area contributed by atoms with Crippen molar-refractivity contribution >= 4 is 28.1 Å². The van der Waals surface area contributed by atoms with Crippen molar-refractivity contribution in [3.05, 3.63) is 29.0 Å². The number of thiazole rings is 1. The summed E-state index contributed by atoms with van der Waals surface area (Å²) in [5.41, 5.74) is 8.05. The van der Waals surface area contributed by atoms with Gasteiger partial charge in [0.1, 0.15) is 5.69 Å². The highest BCUT2D eigenvalue weighted by molar-refractivity contribution is 7.14. The first-order valence-electron chi connectivity index (χ1n) is 6.78. The van der Waals surface area contributed by atoms with Gasteiger partial charge in [0.25, 0.3) is 5.91 Å². The number of carbonyl (C=O) groups is 1. The molecule has 0 unspecified atom stereocenters. The Morgan fingerprint density at radius 3 is 2.90 bits per heavy atom. The molecule has 1 fully saturated rings. The lowest BCUT2D eigenvalue weighted by Crippen LogP contribution is -2.16. The average molecular weight is 290 g/mol. The maximum Gasteiger partial charge on any atom is 0.274 e. The fourth-order valence-electron chi connectivity index (χ4n) is 2.11. The van der Waals surface area contributed by atoms with Gasteiger partial charge in [0.15, 0.2) is 5.13 Å². The number of hydrogen-bond donors (Lipinski definition) is 2. The molecule has 0 bridgehead atoms. The van der Waals surface area contributed by atoms with Gasteiger partial charge >= 0.3 is 0 Å². The minimum Gasteiger partial charge on any atom is -0.397 e. The highest BCUT2D eigenvalue weighted by Gasteiger charge is 2.28. The van der Waals surface area contributed by atoms with E-state index < -0.39 is 0 Å². The van der Waals surface area contributed by atoms with Gasteiger partial charge in [0, 0.05) is 17.6 Å². The second kappa shape index (κ2) is 4.94. The van der Waals surface area contributed by atoms with Crippen molar-refractivity contribution in [2.75, 3.05) is 11.1 Å². The van der Waals surface area contributed by atoms with Crippen molar-refractivity contribution in [3.8, 4) is 0 Å². The number of nitrogens with one attached hydrogen (secondary N) is 1. The van der Waals surface area contributed by atoms with Gasteiger partial charge in [0.2, 0.25) is 0 Å². The number of aromatic nitrogens is 2. The van der Waals surface area contributed by atoms with E-state index in [9.17, 15) is 4.79 Å². The zero-order valence-electron chi connectivity index (χ0n) is 11.6. The number of rotatable bonds is 4. The molecule has 20 heavy (non-hydrogen) atoms. The van der Waals surface area contributed by atoms with Crippen LogP contribution in [-0.4, -0.2) is 15.5 Å². The van der Waals surface area contributed by atoms with Crippen LogP contribution in [0, 0.1) is 0 Å². The van der Waals surface area contributed by atoms with Crippen LogP contribution in [-0.2, 0) is 0 Å². The molecule has 1 amide bonds. The first-order chi connectivity index (χ1) is 9.54. The fourth-order valence-corrected chi connectivity index (χ4v) is 2.97. The van der Waals surface area contributed by atoms with Gasteiger partial charge in [0.05, 0.1) is 11.4 Å². The van der Waals surface area contributed by atoms with Crippen molar-refractivity contribution < 1.29 is 4.79 Å². The Balaban J connectivity index is 1.78. The summed E-state index contributed by atoms with van der Waals surface area (Å²) in [5, 5.41) is 5.48. The van der Waals surface area contributed by atoms with Crippen LogP contribution in [0.1, 0.15) is 54.8 Å². The van der Waals surface area contributed by atoms with E-state index in [1.807, 2.05) is 16.1 Å². The van der Waals surface area contributed by atoms with E-state index in [0.29, 0.717) is 28.5 Å². The van der Waals surface area contributed by atoms with E-state index in [1.54, 1.807) is 6.07 Å². The molecular weight excluding hydrogens is 272 g/mol. The second-order valence-corrected chi connectivity index (χ2v) is 6.34. The molecule has 2 heterocycles. The average Bonchev–Trinajstić information content (AvgIpc) is 3.00. The summed E-state index contributed by atoms with van der Waals surface area (Å²) in [4.78, 5) is 16.8. The Kier molecular flexibility index (Phi) is 3.25. The van der Waals surface area contributed by atoms with Gasteiger partial charge in [-0.15, -0.1) is 11.3 Å². The number of nitrogens with zero attached hydrogens (tertiary/aromatic N) is 2. The molecule has 1 saturated carbocycles. The molecule has 2 aromatic rings. The number of carbonyl (C=O) groups excluding carboxylic acids is 1. The van der Waals surface area contributed by atoms with Gasteiger partial charge in [-0.3, -0.25) is 10.1 Å². The van der Waals surface area contributed by atoms with Crippen molar-refractivity contribution in [3.63, 3.8) is 0 Å². The van der Waals surface area contributed by atoms with Crippen LogP contribution in [0.15, 0.2) is 17.6 Å². The zero-order valence-corrected chi connectivity index (χ0v) is 12.4. The smallest absolute Gasteiger partial charge is 0.274 e. The van der Waals surface area contributed by atoms with Crippen LogP contribution in [0.3, 0.4) is 0 Å². The molecule has 0 aliphatic heterocycles. The molecule has 106 valence electrons. The molecule has 6 heteroatoms. The first kappa shape index (κ1) is 13.2. The third-order valence-corrected chi connectivity index (χ3v) is 4.15. The quantitative estimate of drug-likeness (QED) is 0.908. The van der Waals surface area contributed by atoms with Crippen LogP contribution in [0.2, 0.25) is 0 Å². The highest BCUT2D eigenvalue weighted by atomic mass is 32.1. The van der Waals surface area contributed by atoms with Crippen LogP contribution in [0.4, 0.5) is 10.8 Å². The molecule has 5 nitrogen and oxygen atoms in total. The van der Waals surface area contributed by atoms with Gasteiger partial charge in [-0.05, 0) is 24.8 Å². The molecule has 0 atom stereocenters. The zero-order chi connectivity index (χ0) is 14.3. The largest absolute Gasteiger partial charge is 0.397 e. The fraction of sp³-hybridized carbons (Fsp3) is 0.429. The summed E-state index contributed by atoms with van der Waals surface area (Å²) in [6, 6.07) is 2.15. The first-order valence-corrected chi connectivity index (χ1v) is 7.66. The normalized spacial score (nSPS) is 14.8. The van der Waals surface area contributed by atoms with Gasteiger partial charge in [-0.2, -0.15) is 0 Å². The van der Waals surface area contributed by atoms with Crippen LogP contribution in [0.25, 0.3) is 0 Å². The van der Waals surface area contributed by atoms with E-state index in [4.69, 9.17) is 5.73 Å². The predicted octanol–water partition coefficient (Wildman–Crippen LogP) is 3.24. The molecule has 2 aromatic heterocycles. The molecule has 1 aliphatic rings. The maximum atomic E-state index is 12.3. The van der Waals surface area contributed by atoms with Crippen LogP contribution < -0.4 is 11.1 Å². The molecule has 0 saturated heterocycles. The summed E-state index contributed by atoms with van der Waals surface area (Å²) in [7, 11) is 0. The van der Waals surface area contributed by atoms with E-state index in [0.717, 1.165) is 18.5 Å². The van der Waals surface area contributed by atoms with Crippen molar-refractivity contribution in [2.45, 2.75) is 38.6 Å². The molecule has 1 aliphatic carbocycles. The van der Waals surface area contributed by atoms with Gasteiger partial charge in [-0.25, -0.2) is 4.98 Å². The topological polar surface area (TPSA) is 72.9 Å². The summed E-state index contributed by atoms with van der Waals surface area (Å²) in [6.45, 7) is 4.17. The Bertz CT molecular complexity index is 639. The number of nitrogen functional groups attached to an aromatic ring is 1. The number of nitrogens with two attached hydrogens (primary N) is 1. The molecule has 3 N–H and O–H groups in total. The monoisotopic (exact) mass is 290 g/mol. The van der Waals surface area contributed by atoms with E-state index in [1.165, 1.54) is 11.3 Å². The van der Waals surface area contributed by atoms with Crippen LogP contribution in [0.5, 0.6) is 0 Å². The number of anilines is 2. The Hall–Kier alpha value is -1.82. The standard InChI is InChI=1S/C14H18N4OS/c1-8(2)11-7-20-14(16-11)17-13(19)12-5-9(15)6-18(12)10-3-4-10/h5-8,10H,3-4,15H2,1-2H3,(H,16,17,19). The maximum absolute atomic E-state index is 12.3. The Morgan fingerprint density at radius 1 is 1.55 bits per heavy atom.